The number of hydrogen-bond acceptors (Lipinski definition) is 3. The van der Waals surface area contributed by atoms with Gasteiger partial charge in [-0.15, -0.1) is 0 Å². The molecule has 0 radical (unpaired) electrons. The van der Waals surface area contributed by atoms with Crippen molar-refractivity contribution in [1.29, 1.82) is 0 Å². The molecule has 0 spiro atoms. The standard InChI is InChI=1S/C16H17Cl2NO3S/c1-22-14-7-4-12(5-8-14)3-2-10-19-23(20,21)16-11-13(17)6-9-15(16)18/h4-9,11,19H,2-3,10H2,1H3. The van der Waals surface area contributed by atoms with Gasteiger partial charge in [0.15, 0.2) is 0 Å². The van der Waals surface area contributed by atoms with Crippen molar-refractivity contribution in [1.82, 2.24) is 4.72 Å². The second kappa shape index (κ2) is 8.02. The number of benzene rings is 2. The molecule has 0 heterocycles. The molecule has 0 aliphatic carbocycles. The highest BCUT2D eigenvalue weighted by Gasteiger charge is 2.17. The fraction of sp³-hybridized carbons (Fsp3) is 0.250. The van der Waals surface area contributed by atoms with Crippen molar-refractivity contribution in [2.45, 2.75) is 17.7 Å². The van der Waals surface area contributed by atoms with E-state index in [9.17, 15) is 8.42 Å². The molecule has 0 unspecified atom stereocenters. The summed E-state index contributed by atoms with van der Waals surface area (Å²) >= 11 is 11.8. The summed E-state index contributed by atoms with van der Waals surface area (Å²) in [6.45, 7) is 0.317. The number of sulfonamides is 1. The van der Waals surface area contributed by atoms with Crippen LogP contribution in [0.25, 0.3) is 0 Å². The van der Waals surface area contributed by atoms with Crippen molar-refractivity contribution >= 4 is 33.2 Å². The molecule has 0 saturated heterocycles. The van der Waals surface area contributed by atoms with Crippen LogP contribution >= 0.6 is 23.2 Å². The van der Waals surface area contributed by atoms with Gasteiger partial charge in [0.1, 0.15) is 10.6 Å². The monoisotopic (exact) mass is 373 g/mol. The van der Waals surface area contributed by atoms with E-state index < -0.39 is 10.0 Å². The van der Waals surface area contributed by atoms with Gasteiger partial charge in [0.25, 0.3) is 0 Å². The summed E-state index contributed by atoms with van der Waals surface area (Å²) in [5.74, 6) is 0.796. The molecule has 0 bridgehead atoms. The summed E-state index contributed by atoms with van der Waals surface area (Å²) in [5, 5.41) is 0.477. The molecular weight excluding hydrogens is 357 g/mol. The lowest BCUT2D eigenvalue weighted by molar-refractivity contribution is 0.414. The van der Waals surface area contributed by atoms with E-state index in [1.807, 2.05) is 24.3 Å². The molecule has 0 atom stereocenters. The van der Waals surface area contributed by atoms with Crippen LogP contribution in [-0.4, -0.2) is 22.1 Å². The molecule has 2 aromatic rings. The molecule has 23 heavy (non-hydrogen) atoms. The summed E-state index contributed by atoms with van der Waals surface area (Å²) in [5.41, 5.74) is 1.12. The minimum atomic E-state index is -3.66. The zero-order chi connectivity index (χ0) is 16.9. The fourth-order valence-corrected chi connectivity index (χ4v) is 3.89. The lowest BCUT2D eigenvalue weighted by atomic mass is 10.1. The van der Waals surface area contributed by atoms with Crippen LogP contribution in [0.3, 0.4) is 0 Å². The summed E-state index contributed by atoms with van der Waals surface area (Å²) in [6, 6.07) is 12.0. The van der Waals surface area contributed by atoms with Gasteiger partial charge in [-0.3, -0.25) is 0 Å². The Hall–Kier alpha value is -1.27. The molecule has 0 aliphatic rings. The van der Waals surface area contributed by atoms with E-state index in [4.69, 9.17) is 27.9 Å². The Bertz CT molecular complexity index is 761. The van der Waals surface area contributed by atoms with Gasteiger partial charge >= 0.3 is 0 Å². The third-order valence-electron chi connectivity index (χ3n) is 3.28. The summed E-state index contributed by atoms with van der Waals surface area (Å²) in [7, 11) is -2.05. The fourth-order valence-electron chi connectivity index (χ4n) is 2.05. The summed E-state index contributed by atoms with van der Waals surface area (Å²) in [4.78, 5) is -0.00360. The van der Waals surface area contributed by atoms with E-state index in [2.05, 4.69) is 4.72 Å². The number of ether oxygens (including phenoxy) is 1. The predicted octanol–water partition coefficient (Wildman–Crippen LogP) is 3.91. The molecule has 2 rings (SSSR count). The minimum absolute atomic E-state index is 0.00360. The average Bonchev–Trinajstić information content (AvgIpc) is 2.54. The Kier molecular flexibility index (Phi) is 6.30. The Morgan fingerprint density at radius 1 is 1.09 bits per heavy atom. The smallest absolute Gasteiger partial charge is 0.242 e. The van der Waals surface area contributed by atoms with E-state index in [0.717, 1.165) is 17.7 Å². The van der Waals surface area contributed by atoms with E-state index in [-0.39, 0.29) is 9.92 Å². The van der Waals surface area contributed by atoms with Crippen molar-refractivity contribution in [3.05, 3.63) is 58.1 Å². The SMILES string of the molecule is COc1ccc(CCCNS(=O)(=O)c2cc(Cl)ccc2Cl)cc1. The molecule has 0 fully saturated rings. The normalized spacial score (nSPS) is 11.4. The van der Waals surface area contributed by atoms with E-state index in [1.54, 1.807) is 13.2 Å². The minimum Gasteiger partial charge on any atom is -0.497 e. The Morgan fingerprint density at radius 2 is 1.78 bits per heavy atom. The molecule has 4 nitrogen and oxygen atoms in total. The third-order valence-corrected chi connectivity index (χ3v) is 5.45. The molecule has 0 amide bonds. The largest absolute Gasteiger partial charge is 0.497 e. The number of aryl methyl sites for hydroxylation is 1. The van der Waals surface area contributed by atoms with Gasteiger partial charge in [0.05, 0.1) is 12.1 Å². The molecule has 124 valence electrons. The second-order valence-corrected chi connectivity index (χ2v) is 7.50. The highest BCUT2D eigenvalue weighted by Crippen LogP contribution is 2.24. The maximum absolute atomic E-state index is 12.2. The predicted molar refractivity (Wildman–Crippen MR) is 93.0 cm³/mol. The molecule has 0 aromatic heterocycles. The van der Waals surface area contributed by atoms with Crippen LogP contribution in [0.1, 0.15) is 12.0 Å². The first-order chi connectivity index (χ1) is 10.9. The van der Waals surface area contributed by atoms with Crippen LogP contribution in [0.15, 0.2) is 47.4 Å². The van der Waals surface area contributed by atoms with E-state index >= 15 is 0 Å². The van der Waals surface area contributed by atoms with Crippen LogP contribution in [0.4, 0.5) is 0 Å². The van der Waals surface area contributed by atoms with Crippen LogP contribution in [0, 0.1) is 0 Å². The topological polar surface area (TPSA) is 55.4 Å². The van der Waals surface area contributed by atoms with Gasteiger partial charge < -0.3 is 4.74 Å². The van der Waals surface area contributed by atoms with Gasteiger partial charge in [-0.05, 0) is 48.7 Å². The van der Waals surface area contributed by atoms with Gasteiger partial charge in [-0.2, -0.15) is 0 Å². The van der Waals surface area contributed by atoms with Crippen molar-refractivity contribution < 1.29 is 13.2 Å². The van der Waals surface area contributed by atoms with Crippen molar-refractivity contribution in [3.8, 4) is 5.75 Å². The summed E-state index contributed by atoms with van der Waals surface area (Å²) < 4.78 is 32.1. The average molecular weight is 374 g/mol. The van der Waals surface area contributed by atoms with E-state index in [0.29, 0.717) is 18.0 Å². The highest BCUT2D eigenvalue weighted by atomic mass is 35.5. The first-order valence-corrected chi connectivity index (χ1v) is 9.24. The van der Waals surface area contributed by atoms with E-state index in [1.165, 1.54) is 12.1 Å². The Labute approximate surface area is 146 Å². The molecule has 7 heteroatoms. The number of methoxy groups -OCH3 is 1. The number of hydrogen-bond donors (Lipinski definition) is 1. The van der Waals surface area contributed by atoms with Gasteiger partial charge in [0.2, 0.25) is 10.0 Å². The van der Waals surface area contributed by atoms with Gasteiger partial charge in [0, 0.05) is 11.6 Å². The molecular formula is C16H17Cl2NO3S. The molecule has 0 saturated carbocycles. The molecule has 2 aromatic carbocycles. The number of nitrogens with one attached hydrogen (secondary N) is 1. The first-order valence-electron chi connectivity index (χ1n) is 7.00. The number of halogens is 2. The maximum Gasteiger partial charge on any atom is 0.242 e. The molecule has 0 aliphatic heterocycles. The van der Waals surface area contributed by atoms with Crippen molar-refractivity contribution in [2.24, 2.45) is 0 Å². The zero-order valence-electron chi connectivity index (χ0n) is 12.6. The molecule has 1 N–H and O–H groups in total. The van der Waals surface area contributed by atoms with Crippen LogP contribution in [0.5, 0.6) is 5.75 Å². The number of rotatable bonds is 7. The maximum atomic E-state index is 12.2. The Morgan fingerprint density at radius 3 is 2.43 bits per heavy atom. The summed E-state index contributed by atoms with van der Waals surface area (Å²) in [6.07, 6.45) is 1.43. The van der Waals surface area contributed by atoms with Gasteiger partial charge in [-0.1, -0.05) is 35.3 Å². The second-order valence-electron chi connectivity index (χ2n) is 4.92. The lowest BCUT2D eigenvalue weighted by Gasteiger charge is -2.09. The van der Waals surface area contributed by atoms with Gasteiger partial charge in [-0.25, -0.2) is 13.1 Å². The Balaban J connectivity index is 1.90. The van der Waals surface area contributed by atoms with Crippen LogP contribution in [-0.2, 0) is 16.4 Å². The van der Waals surface area contributed by atoms with Crippen molar-refractivity contribution in [3.63, 3.8) is 0 Å². The van der Waals surface area contributed by atoms with Crippen LogP contribution in [0.2, 0.25) is 10.0 Å². The third kappa shape index (κ3) is 5.11. The highest BCUT2D eigenvalue weighted by molar-refractivity contribution is 7.89. The lowest BCUT2D eigenvalue weighted by Crippen LogP contribution is -2.25. The van der Waals surface area contributed by atoms with Crippen molar-refractivity contribution in [2.75, 3.05) is 13.7 Å². The zero-order valence-corrected chi connectivity index (χ0v) is 14.9. The first kappa shape index (κ1) is 18.1. The quantitative estimate of drug-likeness (QED) is 0.748. The van der Waals surface area contributed by atoms with Crippen LogP contribution < -0.4 is 9.46 Å².